The van der Waals surface area contributed by atoms with Gasteiger partial charge in [0.15, 0.2) is 0 Å². The molecule has 2 aromatic heterocycles. The average molecular weight is 302 g/mol. The van der Waals surface area contributed by atoms with E-state index in [0.29, 0.717) is 12.6 Å². The summed E-state index contributed by atoms with van der Waals surface area (Å²) in [6.45, 7) is 6.14. The van der Waals surface area contributed by atoms with Crippen LogP contribution in [0.5, 0.6) is 0 Å². The molecule has 2 aromatic rings. The van der Waals surface area contributed by atoms with Crippen LogP contribution in [-0.4, -0.2) is 46.0 Å². The van der Waals surface area contributed by atoms with E-state index >= 15 is 0 Å². The molecule has 22 heavy (non-hydrogen) atoms. The second-order valence-electron chi connectivity index (χ2n) is 5.78. The van der Waals surface area contributed by atoms with Gasteiger partial charge in [-0.05, 0) is 26.3 Å². The Morgan fingerprint density at radius 1 is 1.32 bits per heavy atom. The first kappa shape index (κ1) is 14.9. The molecule has 7 nitrogen and oxygen atoms in total. The third-order valence-corrected chi connectivity index (χ3v) is 3.79. The standard InChI is InChI=1S/C15H22N6O/c1-10-6-11(2)21(19-10)15-17-13(9-22-3)7-14(18-15)20-5-4-12(16)8-20/h6-7,12H,4-5,8-9,16H2,1-3H3. The second kappa shape index (κ2) is 6.02. The van der Waals surface area contributed by atoms with Crippen molar-refractivity contribution in [1.29, 1.82) is 0 Å². The number of ether oxygens (including phenoxy) is 1. The molecule has 2 N–H and O–H groups in total. The minimum atomic E-state index is 0.206. The van der Waals surface area contributed by atoms with Gasteiger partial charge in [0.05, 0.1) is 18.0 Å². The Hall–Kier alpha value is -1.99. The van der Waals surface area contributed by atoms with Crippen molar-refractivity contribution < 1.29 is 4.74 Å². The monoisotopic (exact) mass is 302 g/mol. The number of anilines is 1. The molecule has 3 heterocycles. The van der Waals surface area contributed by atoms with E-state index < -0.39 is 0 Å². The van der Waals surface area contributed by atoms with Gasteiger partial charge >= 0.3 is 0 Å². The Morgan fingerprint density at radius 2 is 2.14 bits per heavy atom. The van der Waals surface area contributed by atoms with Crippen LogP contribution in [0.25, 0.3) is 5.95 Å². The molecule has 0 radical (unpaired) electrons. The number of aromatic nitrogens is 4. The van der Waals surface area contributed by atoms with Gasteiger partial charge in [-0.25, -0.2) is 9.67 Å². The lowest BCUT2D eigenvalue weighted by molar-refractivity contribution is 0.181. The van der Waals surface area contributed by atoms with Crippen LogP contribution in [-0.2, 0) is 11.3 Å². The molecule has 1 unspecified atom stereocenters. The number of hydrogen-bond donors (Lipinski definition) is 1. The summed E-state index contributed by atoms with van der Waals surface area (Å²) in [5, 5.41) is 4.47. The van der Waals surface area contributed by atoms with Crippen LogP contribution in [0.3, 0.4) is 0 Å². The fourth-order valence-electron chi connectivity index (χ4n) is 2.77. The highest BCUT2D eigenvalue weighted by atomic mass is 16.5. The lowest BCUT2D eigenvalue weighted by Gasteiger charge is -2.18. The van der Waals surface area contributed by atoms with Gasteiger partial charge in [0.25, 0.3) is 5.95 Å². The van der Waals surface area contributed by atoms with Crippen molar-refractivity contribution in [2.75, 3.05) is 25.1 Å². The summed E-state index contributed by atoms with van der Waals surface area (Å²) in [5.74, 6) is 1.47. The first-order valence-corrected chi connectivity index (χ1v) is 7.48. The lowest BCUT2D eigenvalue weighted by Crippen LogP contribution is -2.27. The van der Waals surface area contributed by atoms with Crippen LogP contribution in [0.4, 0.5) is 5.82 Å². The third-order valence-electron chi connectivity index (χ3n) is 3.79. The molecule has 118 valence electrons. The Morgan fingerprint density at radius 3 is 2.73 bits per heavy atom. The molecule has 1 aliphatic heterocycles. The van der Waals surface area contributed by atoms with Crippen LogP contribution in [0.1, 0.15) is 23.5 Å². The molecular formula is C15H22N6O. The molecular weight excluding hydrogens is 280 g/mol. The Labute approximate surface area is 130 Å². The van der Waals surface area contributed by atoms with E-state index in [1.807, 2.05) is 26.0 Å². The van der Waals surface area contributed by atoms with Gasteiger partial charge in [0.1, 0.15) is 5.82 Å². The smallest absolute Gasteiger partial charge is 0.253 e. The maximum absolute atomic E-state index is 6.01. The minimum absolute atomic E-state index is 0.206. The molecule has 0 bridgehead atoms. The maximum Gasteiger partial charge on any atom is 0.253 e. The topological polar surface area (TPSA) is 82.1 Å². The zero-order valence-electron chi connectivity index (χ0n) is 13.3. The van der Waals surface area contributed by atoms with Crippen molar-refractivity contribution in [3.05, 3.63) is 29.2 Å². The molecule has 7 heteroatoms. The maximum atomic E-state index is 6.01. The van der Waals surface area contributed by atoms with Crippen LogP contribution in [0.2, 0.25) is 0 Å². The molecule has 0 aromatic carbocycles. The van der Waals surface area contributed by atoms with E-state index in [9.17, 15) is 0 Å². The van der Waals surface area contributed by atoms with Gasteiger partial charge in [0.2, 0.25) is 0 Å². The van der Waals surface area contributed by atoms with Crippen LogP contribution in [0, 0.1) is 13.8 Å². The first-order chi connectivity index (χ1) is 10.6. The average Bonchev–Trinajstić information content (AvgIpc) is 3.04. The molecule has 0 spiro atoms. The molecule has 1 atom stereocenters. The number of aryl methyl sites for hydroxylation is 2. The predicted octanol–water partition coefficient (Wildman–Crippen LogP) is 0.963. The summed E-state index contributed by atoms with van der Waals surface area (Å²) in [4.78, 5) is 11.4. The zero-order chi connectivity index (χ0) is 15.7. The van der Waals surface area contributed by atoms with Crippen molar-refractivity contribution >= 4 is 5.82 Å². The summed E-state index contributed by atoms with van der Waals surface area (Å²) in [6.07, 6.45) is 0.985. The number of nitrogens with two attached hydrogens (primary N) is 1. The summed E-state index contributed by atoms with van der Waals surface area (Å²) in [7, 11) is 1.66. The number of nitrogens with zero attached hydrogens (tertiary/aromatic N) is 5. The zero-order valence-corrected chi connectivity index (χ0v) is 13.3. The normalized spacial score (nSPS) is 18.2. The Balaban J connectivity index is 2.02. The fourth-order valence-corrected chi connectivity index (χ4v) is 2.77. The van der Waals surface area contributed by atoms with Crippen molar-refractivity contribution in [3.63, 3.8) is 0 Å². The van der Waals surface area contributed by atoms with Gasteiger partial charge < -0.3 is 15.4 Å². The quantitative estimate of drug-likeness (QED) is 0.906. The van der Waals surface area contributed by atoms with E-state index in [-0.39, 0.29) is 6.04 Å². The van der Waals surface area contributed by atoms with Gasteiger partial charge in [0, 0.05) is 38.0 Å². The van der Waals surface area contributed by atoms with Crippen molar-refractivity contribution in [2.45, 2.75) is 32.9 Å². The van der Waals surface area contributed by atoms with E-state index in [4.69, 9.17) is 10.5 Å². The summed E-state index contributed by atoms with van der Waals surface area (Å²) in [6, 6.07) is 4.19. The largest absolute Gasteiger partial charge is 0.378 e. The summed E-state index contributed by atoms with van der Waals surface area (Å²) < 4.78 is 7.00. The second-order valence-corrected chi connectivity index (χ2v) is 5.78. The molecule has 1 aliphatic rings. The van der Waals surface area contributed by atoms with E-state index in [1.165, 1.54) is 0 Å². The predicted molar refractivity (Wildman–Crippen MR) is 84.1 cm³/mol. The SMILES string of the molecule is COCc1cc(N2CCC(N)C2)nc(-n2nc(C)cc2C)n1. The van der Waals surface area contributed by atoms with Crippen LogP contribution < -0.4 is 10.6 Å². The highest BCUT2D eigenvalue weighted by Gasteiger charge is 2.22. The summed E-state index contributed by atoms with van der Waals surface area (Å²) in [5.41, 5.74) is 8.81. The first-order valence-electron chi connectivity index (χ1n) is 7.48. The molecule has 0 amide bonds. The van der Waals surface area contributed by atoms with Crippen LogP contribution >= 0.6 is 0 Å². The van der Waals surface area contributed by atoms with Crippen LogP contribution in [0.15, 0.2) is 12.1 Å². The van der Waals surface area contributed by atoms with Crippen molar-refractivity contribution in [3.8, 4) is 5.95 Å². The fraction of sp³-hybridized carbons (Fsp3) is 0.533. The molecule has 1 saturated heterocycles. The molecule has 3 rings (SSSR count). The van der Waals surface area contributed by atoms with Gasteiger partial charge in [-0.3, -0.25) is 0 Å². The molecule has 1 fully saturated rings. The number of rotatable bonds is 4. The van der Waals surface area contributed by atoms with E-state index in [0.717, 1.165) is 42.4 Å². The minimum Gasteiger partial charge on any atom is -0.378 e. The van der Waals surface area contributed by atoms with Gasteiger partial charge in [-0.2, -0.15) is 10.1 Å². The molecule has 0 saturated carbocycles. The van der Waals surface area contributed by atoms with E-state index in [2.05, 4.69) is 20.0 Å². The number of methoxy groups -OCH3 is 1. The van der Waals surface area contributed by atoms with Crippen molar-refractivity contribution in [1.82, 2.24) is 19.7 Å². The Kier molecular flexibility index (Phi) is 4.08. The van der Waals surface area contributed by atoms with E-state index in [1.54, 1.807) is 11.8 Å². The van der Waals surface area contributed by atoms with Crippen molar-refractivity contribution in [2.24, 2.45) is 5.73 Å². The third kappa shape index (κ3) is 2.95. The highest BCUT2D eigenvalue weighted by Crippen LogP contribution is 2.20. The highest BCUT2D eigenvalue weighted by molar-refractivity contribution is 5.43. The van der Waals surface area contributed by atoms with Gasteiger partial charge in [-0.15, -0.1) is 0 Å². The lowest BCUT2D eigenvalue weighted by atomic mass is 10.3. The Bertz CT molecular complexity index is 668. The van der Waals surface area contributed by atoms with Gasteiger partial charge in [-0.1, -0.05) is 0 Å². The summed E-state index contributed by atoms with van der Waals surface area (Å²) >= 11 is 0. The molecule has 0 aliphatic carbocycles. The number of hydrogen-bond acceptors (Lipinski definition) is 6.